The first-order chi connectivity index (χ1) is 8.06. The highest BCUT2D eigenvalue weighted by Gasteiger charge is 2.22. The van der Waals surface area contributed by atoms with Crippen LogP contribution in [0.4, 0.5) is 5.69 Å². The number of hydrogen-bond acceptors (Lipinski definition) is 3. The van der Waals surface area contributed by atoms with Gasteiger partial charge in [-0.05, 0) is 30.4 Å². The number of hydrogen-bond donors (Lipinski definition) is 2. The van der Waals surface area contributed by atoms with Crippen LogP contribution in [0.2, 0.25) is 0 Å². The molecular weight excluding hydrogens is 212 g/mol. The van der Waals surface area contributed by atoms with Gasteiger partial charge in [-0.1, -0.05) is 13.8 Å². The van der Waals surface area contributed by atoms with Crippen LogP contribution < -0.4 is 10.6 Å². The van der Waals surface area contributed by atoms with Gasteiger partial charge in [0.25, 0.3) is 0 Å². The predicted octanol–water partition coefficient (Wildman–Crippen LogP) is 1.85. The van der Waals surface area contributed by atoms with Crippen molar-refractivity contribution in [3.05, 3.63) is 24.0 Å². The molecule has 0 amide bonds. The highest BCUT2D eigenvalue weighted by molar-refractivity contribution is 5.93. The van der Waals surface area contributed by atoms with E-state index in [1.165, 1.54) is 6.42 Å². The number of nitrogens with zero attached hydrogens (tertiary/aromatic N) is 2. The fraction of sp³-hybridized carbons (Fsp3) is 0.538. The number of amidine groups is 1. The Bertz CT molecular complexity index is 388. The third-order valence-electron chi connectivity index (χ3n) is 3.26. The minimum Gasteiger partial charge on any atom is -0.382 e. The molecule has 4 nitrogen and oxygen atoms in total. The van der Waals surface area contributed by atoms with Crippen molar-refractivity contribution in [2.24, 2.45) is 17.6 Å². The first kappa shape index (κ1) is 11.9. The Morgan fingerprint density at radius 2 is 2.00 bits per heavy atom. The maximum Gasteiger partial charge on any atom is 0.141 e. The van der Waals surface area contributed by atoms with Gasteiger partial charge in [0.05, 0.1) is 11.9 Å². The van der Waals surface area contributed by atoms with Crippen LogP contribution in [0.15, 0.2) is 18.3 Å². The summed E-state index contributed by atoms with van der Waals surface area (Å²) in [6, 6.07) is 3.83. The molecule has 17 heavy (non-hydrogen) atoms. The summed E-state index contributed by atoms with van der Waals surface area (Å²) in [7, 11) is 0. The summed E-state index contributed by atoms with van der Waals surface area (Å²) < 4.78 is 0. The lowest BCUT2D eigenvalue weighted by atomic mass is 9.91. The van der Waals surface area contributed by atoms with Crippen LogP contribution >= 0.6 is 0 Å². The van der Waals surface area contributed by atoms with Crippen LogP contribution in [-0.2, 0) is 0 Å². The van der Waals surface area contributed by atoms with Gasteiger partial charge in [0.15, 0.2) is 0 Å². The molecule has 1 saturated heterocycles. The van der Waals surface area contributed by atoms with Gasteiger partial charge in [0, 0.05) is 13.1 Å². The summed E-state index contributed by atoms with van der Waals surface area (Å²) in [4.78, 5) is 6.58. The number of aromatic nitrogens is 1. The summed E-state index contributed by atoms with van der Waals surface area (Å²) in [5, 5.41) is 7.32. The number of nitrogens with two attached hydrogens (primary N) is 1. The zero-order chi connectivity index (χ0) is 12.4. The summed E-state index contributed by atoms with van der Waals surface area (Å²) in [5.41, 5.74) is 7.07. The minimum absolute atomic E-state index is 0.0249. The van der Waals surface area contributed by atoms with Gasteiger partial charge in [0.2, 0.25) is 0 Å². The van der Waals surface area contributed by atoms with Gasteiger partial charge >= 0.3 is 0 Å². The number of nitrogens with one attached hydrogen (secondary N) is 1. The third kappa shape index (κ3) is 2.75. The Morgan fingerprint density at radius 1 is 1.35 bits per heavy atom. The van der Waals surface area contributed by atoms with E-state index in [9.17, 15) is 0 Å². The molecule has 2 atom stereocenters. The van der Waals surface area contributed by atoms with E-state index in [2.05, 4.69) is 23.7 Å². The highest BCUT2D eigenvalue weighted by Crippen LogP contribution is 2.25. The van der Waals surface area contributed by atoms with Gasteiger partial charge in [-0.2, -0.15) is 0 Å². The van der Waals surface area contributed by atoms with Crippen molar-refractivity contribution in [1.29, 1.82) is 5.41 Å². The molecule has 0 spiro atoms. The second-order valence-corrected chi connectivity index (χ2v) is 5.17. The van der Waals surface area contributed by atoms with Crippen molar-refractivity contribution < 1.29 is 0 Å². The van der Waals surface area contributed by atoms with Crippen LogP contribution in [0.5, 0.6) is 0 Å². The second-order valence-electron chi connectivity index (χ2n) is 5.17. The molecule has 1 aliphatic heterocycles. The maximum absolute atomic E-state index is 7.32. The lowest BCUT2D eigenvalue weighted by Gasteiger charge is -2.36. The average molecular weight is 232 g/mol. The maximum atomic E-state index is 7.32. The monoisotopic (exact) mass is 232 g/mol. The van der Waals surface area contributed by atoms with E-state index in [1.54, 1.807) is 0 Å². The molecule has 0 aliphatic carbocycles. The first-order valence-electron chi connectivity index (χ1n) is 6.11. The Kier molecular flexibility index (Phi) is 3.31. The number of piperidine rings is 1. The number of anilines is 1. The Morgan fingerprint density at radius 3 is 2.47 bits per heavy atom. The van der Waals surface area contributed by atoms with Gasteiger partial charge in [0.1, 0.15) is 11.5 Å². The van der Waals surface area contributed by atoms with Crippen LogP contribution in [0.1, 0.15) is 26.0 Å². The van der Waals surface area contributed by atoms with Crippen molar-refractivity contribution in [2.45, 2.75) is 20.3 Å². The molecule has 2 unspecified atom stereocenters. The lowest BCUT2D eigenvalue weighted by molar-refractivity contribution is 0.357. The Hall–Kier alpha value is -1.58. The van der Waals surface area contributed by atoms with Crippen molar-refractivity contribution >= 4 is 11.5 Å². The molecule has 1 fully saturated rings. The van der Waals surface area contributed by atoms with E-state index in [4.69, 9.17) is 11.1 Å². The SMILES string of the molecule is CC1CC(C)CN(c2ccc(C(=N)N)nc2)C1. The van der Waals surface area contributed by atoms with Crippen molar-refractivity contribution in [3.63, 3.8) is 0 Å². The van der Waals surface area contributed by atoms with Crippen LogP contribution in [0.25, 0.3) is 0 Å². The smallest absolute Gasteiger partial charge is 0.141 e. The molecule has 2 rings (SSSR count). The van der Waals surface area contributed by atoms with Crippen molar-refractivity contribution in [3.8, 4) is 0 Å². The Balaban J connectivity index is 2.14. The quantitative estimate of drug-likeness (QED) is 0.604. The third-order valence-corrected chi connectivity index (χ3v) is 3.26. The molecule has 1 aromatic heterocycles. The van der Waals surface area contributed by atoms with Gasteiger partial charge in [-0.25, -0.2) is 0 Å². The summed E-state index contributed by atoms with van der Waals surface area (Å²) >= 11 is 0. The van der Waals surface area contributed by atoms with E-state index in [-0.39, 0.29) is 5.84 Å². The van der Waals surface area contributed by atoms with E-state index in [0.717, 1.165) is 30.6 Å². The molecule has 0 aromatic carbocycles. The highest BCUT2D eigenvalue weighted by atomic mass is 15.1. The van der Waals surface area contributed by atoms with Crippen molar-refractivity contribution in [1.82, 2.24) is 4.98 Å². The van der Waals surface area contributed by atoms with E-state index in [1.807, 2.05) is 18.3 Å². The minimum atomic E-state index is 0.0249. The summed E-state index contributed by atoms with van der Waals surface area (Å²) in [5.74, 6) is 1.48. The average Bonchev–Trinajstić information content (AvgIpc) is 2.28. The van der Waals surface area contributed by atoms with E-state index in [0.29, 0.717) is 5.69 Å². The molecule has 4 heteroatoms. The first-order valence-corrected chi connectivity index (χ1v) is 6.11. The predicted molar refractivity (Wildman–Crippen MR) is 70.4 cm³/mol. The number of rotatable bonds is 2. The molecule has 3 N–H and O–H groups in total. The standard InChI is InChI=1S/C13H20N4/c1-9-5-10(2)8-17(7-9)11-3-4-12(13(14)15)16-6-11/h3-4,6,9-10H,5,7-8H2,1-2H3,(H3,14,15). The molecule has 1 aliphatic rings. The normalized spacial score (nSPS) is 24.7. The van der Waals surface area contributed by atoms with E-state index >= 15 is 0 Å². The van der Waals surface area contributed by atoms with Crippen molar-refractivity contribution in [2.75, 3.05) is 18.0 Å². The summed E-state index contributed by atoms with van der Waals surface area (Å²) in [6.07, 6.45) is 3.12. The molecular formula is C13H20N4. The van der Waals surface area contributed by atoms with E-state index < -0.39 is 0 Å². The fourth-order valence-corrected chi connectivity index (χ4v) is 2.61. The number of pyridine rings is 1. The second kappa shape index (κ2) is 4.73. The summed E-state index contributed by atoms with van der Waals surface area (Å²) in [6.45, 7) is 6.76. The van der Waals surface area contributed by atoms with Crippen LogP contribution in [0, 0.1) is 17.2 Å². The molecule has 92 valence electrons. The van der Waals surface area contributed by atoms with Gasteiger partial charge in [-0.3, -0.25) is 10.4 Å². The molecule has 1 aromatic rings. The largest absolute Gasteiger partial charge is 0.382 e. The van der Waals surface area contributed by atoms with Gasteiger partial charge in [-0.15, -0.1) is 0 Å². The van der Waals surface area contributed by atoms with Crippen LogP contribution in [0.3, 0.4) is 0 Å². The topological polar surface area (TPSA) is 66.0 Å². The zero-order valence-corrected chi connectivity index (χ0v) is 10.5. The molecule has 0 radical (unpaired) electrons. The lowest BCUT2D eigenvalue weighted by Crippen LogP contribution is -2.38. The van der Waals surface area contributed by atoms with Gasteiger partial charge < -0.3 is 10.6 Å². The Labute approximate surface area is 102 Å². The molecule has 0 bridgehead atoms. The number of nitrogen functional groups attached to an aromatic ring is 1. The molecule has 2 heterocycles. The van der Waals surface area contributed by atoms with Crippen LogP contribution in [-0.4, -0.2) is 23.9 Å². The molecule has 0 saturated carbocycles. The zero-order valence-electron chi connectivity index (χ0n) is 10.5. The fourth-order valence-electron chi connectivity index (χ4n) is 2.61.